The number of hydrogen-bond acceptors (Lipinski definition) is 3. The van der Waals surface area contributed by atoms with E-state index < -0.39 is 0 Å². The minimum absolute atomic E-state index is 0.237. The number of rotatable bonds is 7. The van der Waals surface area contributed by atoms with Crippen LogP contribution in [0.4, 0.5) is 0 Å². The molecule has 0 atom stereocenters. The molecule has 0 unspecified atom stereocenters. The van der Waals surface area contributed by atoms with Crippen LogP contribution in [0.25, 0.3) is 0 Å². The second-order valence-electron chi connectivity index (χ2n) is 3.87. The average Bonchev–Trinajstić information content (AvgIpc) is 2.28. The first-order valence-corrected chi connectivity index (χ1v) is 5.76. The lowest BCUT2D eigenvalue weighted by Crippen LogP contribution is -2.09. The standard InChI is InChI=1S/C13H21NO2/c1-11-6-5-7-12(10-14-2)13(11)16-9-4-3-8-15/h5-7,14-15H,3-4,8-10H2,1-2H3. The molecular weight excluding hydrogens is 202 g/mol. The number of unbranched alkanes of at least 4 members (excludes halogenated alkanes) is 1. The van der Waals surface area contributed by atoms with Gasteiger partial charge in [0.25, 0.3) is 0 Å². The molecule has 0 radical (unpaired) electrons. The number of aliphatic hydroxyl groups excluding tert-OH is 1. The zero-order valence-corrected chi connectivity index (χ0v) is 10.1. The predicted octanol–water partition coefficient (Wildman–Crippen LogP) is 1.87. The fourth-order valence-electron chi connectivity index (χ4n) is 1.64. The van der Waals surface area contributed by atoms with E-state index in [0.717, 1.165) is 30.7 Å². The molecule has 1 aromatic rings. The van der Waals surface area contributed by atoms with E-state index in [2.05, 4.69) is 24.4 Å². The molecule has 0 amide bonds. The molecule has 0 bridgehead atoms. The SMILES string of the molecule is CNCc1cccc(C)c1OCCCCO. The predicted molar refractivity (Wildman–Crippen MR) is 65.8 cm³/mol. The molecule has 0 fully saturated rings. The van der Waals surface area contributed by atoms with Crippen LogP contribution in [-0.2, 0) is 6.54 Å². The molecule has 0 saturated carbocycles. The summed E-state index contributed by atoms with van der Waals surface area (Å²) >= 11 is 0. The highest BCUT2D eigenvalue weighted by molar-refractivity contribution is 5.40. The Morgan fingerprint density at radius 3 is 2.81 bits per heavy atom. The van der Waals surface area contributed by atoms with Crippen molar-refractivity contribution in [2.75, 3.05) is 20.3 Å². The first-order chi connectivity index (χ1) is 7.79. The van der Waals surface area contributed by atoms with Crippen molar-refractivity contribution in [1.82, 2.24) is 5.32 Å². The van der Waals surface area contributed by atoms with Crippen molar-refractivity contribution in [1.29, 1.82) is 0 Å². The quantitative estimate of drug-likeness (QED) is 0.693. The van der Waals surface area contributed by atoms with Gasteiger partial charge in [-0.15, -0.1) is 0 Å². The maximum Gasteiger partial charge on any atom is 0.126 e. The topological polar surface area (TPSA) is 41.5 Å². The summed E-state index contributed by atoms with van der Waals surface area (Å²) in [6, 6.07) is 6.17. The van der Waals surface area contributed by atoms with Crippen LogP contribution >= 0.6 is 0 Å². The van der Waals surface area contributed by atoms with Gasteiger partial charge in [0.05, 0.1) is 6.61 Å². The third-order valence-electron chi connectivity index (χ3n) is 2.46. The highest BCUT2D eigenvalue weighted by Gasteiger charge is 2.05. The number of aryl methyl sites for hydroxylation is 1. The molecule has 0 saturated heterocycles. The van der Waals surface area contributed by atoms with E-state index in [1.165, 1.54) is 5.56 Å². The Morgan fingerprint density at radius 2 is 2.12 bits per heavy atom. The minimum atomic E-state index is 0.237. The van der Waals surface area contributed by atoms with Gasteiger partial charge in [-0.2, -0.15) is 0 Å². The largest absolute Gasteiger partial charge is 0.493 e. The van der Waals surface area contributed by atoms with Gasteiger partial charge >= 0.3 is 0 Å². The van der Waals surface area contributed by atoms with Gasteiger partial charge < -0.3 is 15.2 Å². The molecule has 90 valence electrons. The van der Waals surface area contributed by atoms with E-state index in [1.807, 2.05) is 13.1 Å². The minimum Gasteiger partial charge on any atom is -0.493 e. The van der Waals surface area contributed by atoms with Gasteiger partial charge in [0.1, 0.15) is 5.75 Å². The fraction of sp³-hybridized carbons (Fsp3) is 0.538. The fourth-order valence-corrected chi connectivity index (χ4v) is 1.64. The lowest BCUT2D eigenvalue weighted by Gasteiger charge is -2.13. The lowest BCUT2D eigenvalue weighted by atomic mass is 10.1. The monoisotopic (exact) mass is 223 g/mol. The van der Waals surface area contributed by atoms with Crippen LogP contribution in [0, 0.1) is 6.92 Å². The number of para-hydroxylation sites is 1. The summed E-state index contributed by atoms with van der Waals surface area (Å²) in [5, 5.41) is 11.8. The van der Waals surface area contributed by atoms with Crippen LogP contribution in [0.3, 0.4) is 0 Å². The Hall–Kier alpha value is -1.06. The number of aliphatic hydroxyl groups is 1. The van der Waals surface area contributed by atoms with Crippen LogP contribution in [0.1, 0.15) is 24.0 Å². The maximum absolute atomic E-state index is 8.69. The molecule has 0 spiro atoms. The van der Waals surface area contributed by atoms with Gasteiger partial charge in [0, 0.05) is 18.7 Å². The summed E-state index contributed by atoms with van der Waals surface area (Å²) in [6.45, 7) is 3.78. The van der Waals surface area contributed by atoms with Gasteiger partial charge in [-0.05, 0) is 32.4 Å². The van der Waals surface area contributed by atoms with Crippen molar-refractivity contribution in [3.05, 3.63) is 29.3 Å². The van der Waals surface area contributed by atoms with Crippen LogP contribution in [0.15, 0.2) is 18.2 Å². The van der Waals surface area contributed by atoms with Crippen LogP contribution in [0.5, 0.6) is 5.75 Å². The van der Waals surface area contributed by atoms with Crippen LogP contribution < -0.4 is 10.1 Å². The summed E-state index contributed by atoms with van der Waals surface area (Å²) in [5.41, 5.74) is 2.35. The highest BCUT2D eigenvalue weighted by Crippen LogP contribution is 2.23. The smallest absolute Gasteiger partial charge is 0.126 e. The first kappa shape index (κ1) is 13.0. The van der Waals surface area contributed by atoms with Crippen LogP contribution in [-0.4, -0.2) is 25.4 Å². The molecule has 2 N–H and O–H groups in total. The molecule has 0 aromatic heterocycles. The average molecular weight is 223 g/mol. The maximum atomic E-state index is 8.69. The summed E-state index contributed by atoms with van der Waals surface area (Å²) in [4.78, 5) is 0. The number of nitrogens with one attached hydrogen (secondary N) is 1. The van der Waals surface area contributed by atoms with Crippen molar-refractivity contribution < 1.29 is 9.84 Å². The van der Waals surface area contributed by atoms with Gasteiger partial charge in [-0.1, -0.05) is 18.2 Å². The summed E-state index contributed by atoms with van der Waals surface area (Å²) in [5.74, 6) is 0.981. The number of benzene rings is 1. The number of ether oxygens (including phenoxy) is 1. The highest BCUT2D eigenvalue weighted by atomic mass is 16.5. The zero-order valence-electron chi connectivity index (χ0n) is 10.1. The molecule has 3 heteroatoms. The van der Waals surface area contributed by atoms with E-state index in [0.29, 0.717) is 6.61 Å². The first-order valence-electron chi connectivity index (χ1n) is 5.76. The van der Waals surface area contributed by atoms with Crippen molar-refractivity contribution >= 4 is 0 Å². The summed E-state index contributed by atoms with van der Waals surface area (Å²) in [7, 11) is 1.93. The molecule has 0 aliphatic heterocycles. The second-order valence-corrected chi connectivity index (χ2v) is 3.87. The van der Waals surface area contributed by atoms with Gasteiger partial charge in [-0.3, -0.25) is 0 Å². The normalized spacial score (nSPS) is 10.4. The van der Waals surface area contributed by atoms with E-state index in [-0.39, 0.29) is 6.61 Å². The number of hydrogen-bond donors (Lipinski definition) is 2. The molecule has 0 aliphatic carbocycles. The third-order valence-corrected chi connectivity index (χ3v) is 2.46. The Labute approximate surface area is 97.4 Å². The Bertz CT molecular complexity index is 313. The third kappa shape index (κ3) is 3.83. The Morgan fingerprint density at radius 1 is 1.31 bits per heavy atom. The molecule has 0 aliphatic rings. The molecule has 16 heavy (non-hydrogen) atoms. The van der Waals surface area contributed by atoms with Crippen LogP contribution in [0.2, 0.25) is 0 Å². The molecule has 1 rings (SSSR count). The van der Waals surface area contributed by atoms with Gasteiger partial charge in [0.15, 0.2) is 0 Å². The van der Waals surface area contributed by atoms with Crippen molar-refractivity contribution in [3.63, 3.8) is 0 Å². The summed E-state index contributed by atoms with van der Waals surface area (Å²) < 4.78 is 5.77. The molecule has 1 aromatic carbocycles. The summed E-state index contributed by atoms with van der Waals surface area (Å²) in [6.07, 6.45) is 1.69. The van der Waals surface area contributed by atoms with Crippen molar-refractivity contribution in [2.45, 2.75) is 26.3 Å². The van der Waals surface area contributed by atoms with E-state index >= 15 is 0 Å². The Balaban J connectivity index is 2.61. The molecule has 0 heterocycles. The zero-order chi connectivity index (χ0) is 11.8. The molecular formula is C13H21NO2. The van der Waals surface area contributed by atoms with Crippen molar-refractivity contribution in [3.8, 4) is 5.75 Å². The van der Waals surface area contributed by atoms with E-state index in [9.17, 15) is 0 Å². The van der Waals surface area contributed by atoms with Gasteiger partial charge in [-0.25, -0.2) is 0 Å². The molecule has 3 nitrogen and oxygen atoms in total. The van der Waals surface area contributed by atoms with E-state index in [4.69, 9.17) is 9.84 Å². The second kappa shape index (κ2) is 7.25. The van der Waals surface area contributed by atoms with Crippen molar-refractivity contribution in [2.24, 2.45) is 0 Å². The van der Waals surface area contributed by atoms with Gasteiger partial charge in [0.2, 0.25) is 0 Å². The Kier molecular flexibility index (Phi) is 5.90. The van der Waals surface area contributed by atoms with E-state index in [1.54, 1.807) is 0 Å². The lowest BCUT2D eigenvalue weighted by molar-refractivity contribution is 0.251.